The molecule has 26 heavy (non-hydrogen) atoms. The van der Waals surface area contributed by atoms with Crippen LogP contribution in [0.1, 0.15) is 37.7 Å². The first-order valence-electron chi connectivity index (χ1n) is 9.81. The molecule has 0 unspecified atom stereocenters. The number of carbonyl (C=O) groups is 1. The van der Waals surface area contributed by atoms with E-state index in [-0.39, 0.29) is 11.7 Å². The SMILES string of the molecule is O=C(C[C@@H]1C[C@@H]2CC[C@@H]1C2)N1CCN(S(=O)(=O)Cc2ccccc2)CC1. The van der Waals surface area contributed by atoms with Crippen LogP contribution in [0.25, 0.3) is 0 Å². The Bertz CT molecular complexity index is 742. The lowest BCUT2D eigenvalue weighted by atomic mass is 9.86. The topological polar surface area (TPSA) is 57.7 Å². The van der Waals surface area contributed by atoms with E-state index in [4.69, 9.17) is 0 Å². The number of piperazine rings is 1. The summed E-state index contributed by atoms with van der Waals surface area (Å²) >= 11 is 0. The van der Waals surface area contributed by atoms with Crippen molar-refractivity contribution in [3.63, 3.8) is 0 Å². The zero-order chi connectivity index (χ0) is 18.1. The molecule has 4 rings (SSSR count). The normalized spacial score (nSPS) is 29.2. The van der Waals surface area contributed by atoms with Gasteiger partial charge in [-0.25, -0.2) is 8.42 Å². The number of benzene rings is 1. The Balaban J connectivity index is 1.29. The zero-order valence-corrected chi connectivity index (χ0v) is 16.0. The van der Waals surface area contributed by atoms with E-state index in [1.807, 2.05) is 35.2 Å². The largest absolute Gasteiger partial charge is 0.340 e. The van der Waals surface area contributed by atoms with Gasteiger partial charge in [-0.1, -0.05) is 36.8 Å². The average molecular weight is 377 g/mol. The summed E-state index contributed by atoms with van der Waals surface area (Å²) in [7, 11) is -3.32. The highest BCUT2D eigenvalue weighted by molar-refractivity contribution is 7.88. The molecule has 1 aliphatic heterocycles. The second-order valence-electron chi connectivity index (χ2n) is 8.16. The maximum Gasteiger partial charge on any atom is 0.222 e. The molecule has 0 N–H and O–H groups in total. The lowest BCUT2D eigenvalue weighted by molar-refractivity contribution is -0.133. The molecule has 2 saturated carbocycles. The van der Waals surface area contributed by atoms with Gasteiger partial charge in [-0.05, 0) is 42.6 Å². The molecule has 0 radical (unpaired) electrons. The van der Waals surface area contributed by atoms with Gasteiger partial charge in [-0.2, -0.15) is 4.31 Å². The second-order valence-corrected chi connectivity index (χ2v) is 10.1. The third-order valence-corrected chi connectivity index (χ3v) is 8.35. The number of rotatable bonds is 5. The molecule has 1 heterocycles. The van der Waals surface area contributed by atoms with E-state index in [1.54, 1.807) is 4.31 Å². The fraction of sp³-hybridized carbons (Fsp3) is 0.650. The van der Waals surface area contributed by atoms with Crippen molar-refractivity contribution >= 4 is 15.9 Å². The third-order valence-electron chi connectivity index (χ3n) is 6.50. The third kappa shape index (κ3) is 3.81. The van der Waals surface area contributed by atoms with Crippen molar-refractivity contribution in [1.29, 1.82) is 0 Å². The summed E-state index contributed by atoms with van der Waals surface area (Å²) in [6.45, 7) is 1.87. The van der Waals surface area contributed by atoms with Gasteiger partial charge in [0, 0.05) is 32.6 Å². The molecule has 1 saturated heterocycles. The van der Waals surface area contributed by atoms with Crippen molar-refractivity contribution in [2.24, 2.45) is 17.8 Å². The van der Waals surface area contributed by atoms with Crippen molar-refractivity contribution < 1.29 is 13.2 Å². The number of hydrogen-bond acceptors (Lipinski definition) is 3. The quantitative estimate of drug-likeness (QED) is 0.793. The van der Waals surface area contributed by atoms with Crippen LogP contribution in [0.4, 0.5) is 0 Å². The lowest BCUT2D eigenvalue weighted by Crippen LogP contribution is -2.51. The Labute approximate surface area is 156 Å². The predicted molar refractivity (Wildman–Crippen MR) is 101 cm³/mol. The highest BCUT2D eigenvalue weighted by atomic mass is 32.2. The monoisotopic (exact) mass is 376 g/mol. The molecule has 1 aromatic rings. The molecule has 2 bridgehead atoms. The van der Waals surface area contributed by atoms with E-state index in [2.05, 4.69) is 0 Å². The number of sulfonamides is 1. The molecule has 2 aliphatic carbocycles. The van der Waals surface area contributed by atoms with Crippen LogP contribution in [0.2, 0.25) is 0 Å². The predicted octanol–water partition coefficient (Wildman–Crippen LogP) is 2.49. The second kappa shape index (κ2) is 7.31. The number of nitrogens with zero attached hydrogens (tertiary/aromatic N) is 2. The van der Waals surface area contributed by atoms with Gasteiger partial charge in [0.15, 0.2) is 0 Å². The zero-order valence-electron chi connectivity index (χ0n) is 15.2. The van der Waals surface area contributed by atoms with Gasteiger partial charge in [0.25, 0.3) is 0 Å². The van der Waals surface area contributed by atoms with Gasteiger partial charge < -0.3 is 4.90 Å². The van der Waals surface area contributed by atoms with Gasteiger partial charge in [-0.15, -0.1) is 0 Å². The first-order chi connectivity index (χ1) is 12.5. The van der Waals surface area contributed by atoms with E-state index in [0.29, 0.717) is 38.5 Å². The van der Waals surface area contributed by atoms with Gasteiger partial charge in [0.2, 0.25) is 15.9 Å². The standard InChI is InChI=1S/C20H28N2O3S/c23-20(14-19-13-17-6-7-18(19)12-17)21-8-10-22(11-9-21)26(24,25)15-16-4-2-1-3-5-16/h1-5,17-19H,6-15H2/t17-,18-,19+/m1/s1. The van der Waals surface area contributed by atoms with Crippen molar-refractivity contribution in [1.82, 2.24) is 9.21 Å². The van der Waals surface area contributed by atoms with Crippen LogP contribution >= 0.6 is 0 Å². The van der Waals surface area contributed by atoms with Gasteiger partial charge in [-0.3, -0.25) is 4.79 Å². The number of hydrogen-bond donors (Lipinski definition) is 0. The molecule has 142 valence electrons. The maximum absolute atomic E-state index is 12.6. The van der Waals surface area contributed by atoms with E-state index in [9.17, 15) is 13.2 Å². The summed E-state index contributed by atoms with van der Waals surface area (Å²) < 4.78 is 26.8. The summed E-state index contributed by atoms with van der Waals surface area (Å²) in [5.41, 5.74) is 0.808. The molecule has 6 heteroatoms. The van der Waals surface area contributed by atoms with E-state index in [1.165, 1.54) is 25.7 Å². The average Bonchev–Trinajstić information content (AvgIpc) is 3.25. The molecule has 3 atom stereocenters. The molecule has 1 amide bonds. The molecule has 5 nitrogen and oxygen atoms in total. The summed E-state index contributed by atoms with van der Waals surface area (Å²) in [5, 5.41) is 0. The smallest absolute Gasteiger partial charge is 0.222 e. The Hall–Kier alpha value is -1.40. The number of carbonyl (C=O) groups excluding carboxylic acids is 1. The summed E-state index contributed by atoms with van der Waals surface area (Å²) in [4.78, 5) is 14.5. The van der Waals surface area contributed by atoms with Crippen molar-refractivity contribution in [3.05, 3.63) is 35.9 Å². The van der Waals surface area contributed by atoms with Crippen molar-refractivity contribution in [2.45, 2.75) is 37.9 Å². The van der Waals surface area contributed by atoms with Crippen LogP contribution in [0, 0.1) is 17.8 Å². The minimum atomic E-state index is -3.32. The first-order valence-corrected chi connectivity index (χ1v) is 11.4. The van der Waals surface area contributed by atoms with Gasteiger partial charge >= 0.3 is 0 Å². The summed E-state index contributed by atoms with van der Waals surface area (Å²) in [6.07, 6.45) is 5.87. The molecule has 3 fully saturated rings. The molecule has 0 aromatic heterocycles. The summed E-state index contributed by atoms with van der Waals surface area (Å²) in [6, 6.07) is 9.28. The van der Waals surface area contributed by atoms with Gasteiger partial charge in [0.05, 0.1) is 5.75 Å². The minimum absolute atomic E-state index is 0.0347. The Morgan fingerprint density at radius 3 is 2.35 bits per heavy atom. The molecular formula is C20H28N2O3S. The van der Waals surface area contributed by atoms with Crippen LogP contribution in [0.5, 0.6) is 0 Å². The van der Waals surface area contributed by atoms with Gasteiger partial charge in [0.1, 0.15) is 0 Å². The molecule has 0 spiro atoms. The van der Waals surface area contributed by atoms with Crippen molar-refractivity contribution in [2.75, 3.05) is 26.2 Å². The number of fused-ring (bicyclic) bond motifs is 2. The fourth-order valence-corrected chi connectivity index (χ4v) is 6.59. The van der Waals surface area contributed by atoms with E-state index >= 15 is 0 Å². The van der Waals surface area contributed by atoms with Crippen LogP contribution in [-0.4, -0.2) is 49.7 Å². The molecular weight excluding hydrogens is 348 g/mol. The summed E-state index contributed by atoms with van der Waals surface area (Å²) in [5.74, 6) is 2.45. The Morgan fingerprint density at radius 2 is 1.73 bits per heavy atom. The van der Waals surface area contributed by atoms with Crippen LogP contribution in [-0.2, 0) is 20.6 Å². The lowest BCUT2D eigenvalue weighted by Gasteiger charge is -2.35. The Morgan fingerprint density at radius 1 is 1.00 bits per heavy atom. The highest BCUT2D eigenvalue weighted by Crippen LogP contribution is 2.49. The number of amides is 1. The highest BCUT2D eigenvalue weighted by Gasteiger charge is 2.41. The first kappa shape index (κ1) is 18.0. The van der Waals surface area contributed by atoms with Crippen LogP contribution in [0.15, 0.2) is 30.3 Å². The van der Waals surface area contributed by atoms with Crippen molar-refractivity contribution in [3.8, 4) is 0 Å². The Kier molecular flexibility index (Phi) is 5.06. The van der Waals surface area contributed by atoms with Crippen LogP contribution < -0.4 is 0 Å². The van der Waals surface area contributed by atoms with Crippen LogP contribution in [0.3, 0.4) is 0 Å². The molecule has 1 aromatic carbocycles. The maximum atomic E-state index is 12.6. The molecule has 3 aliphatic rings. The van der Waals surface area contributed by atoms with E-state index in [0.717, 1.165) is 17.4 Å². The fourth-order valence-electron chi connectivity index (χ4n) is 5.07. The van der Waals surface area contributed by atoms with E-state index < -0.39 is 10.0 Å². The minimum Gasteiger partial charge on any atom is -0.340 e.